The molecule has 1 amide bonds. The summed E-state index contributed by atoms with van der Waals surface area (Å²) in [7, 11) is 0. The van der Waals surface area contributed by atoms with Crippen LogP contribution < -0.4 is 10.1 Å². The number of carbonyl (C=O) groups excluding carboxylic acids is 1. The predicted octanol–water partition coefficient (Wildman–Crippen LogP) is 3.63. The molecule has 1 aliphatic heterocycles. The quantitative estimate of drug-likeness (QED) is 0.768. The third-order valence-electron chi connectivity index (χ3n) is 4.79. The minimum atomic E-state index is -0.0968. The molecule has 1 fully saturated rings. The Bertz CT molecular complexity index is 708. The van der Waals surface area contributed by atoms with E-state index in [0.29, 0.717) is 24.9 Å². The van der Waals surface area contributed by atoms with Crippen molar-refractivity contribution < 1.29 is 9.53 Å². The van der Waals surface area contributed by atoms with Gasteiger partial charge in [0.25, 0.3) is 5.91 Å². The lowest BCUT2D eigenvalue weighted by atomic mass is 10.2. The molecule has 140 valence electrons. The summed E-state index contributed by atoms with van der Waals surface area (Å²) in [4.78, 5) is 19.3. The molecule has 0 aliphatic carbocycles. The fraction of sp³-hybridized carbons (Fsp3) is 0.500. The number of benzene rings is 1. The van der Waals surface area contributed by atoms with Crippen LogP contribution in [0.1, 0.15) is 47.2 Å². The smallest absolute Gasteiger partial charge is 0.270 e. The van der Waals surface area contributed by atoms with E-state index in [9.17, 15) is 4.79 Å². The van der Waals surface area contributed by atoms with Crippen LogP contribution in [-0.2, 0) is 6.61 Å². The fourth-order valence-electron chi connectivity index (χ4n) is 3.20. The van der Waals surface area contributed by atoms with Gasteiger partial charge in [0.05, 0.1) is 0 Å². The molecular weight excluding hydrogens is 346 g/mol. The highest BCUT2D eigenvalue weighted by Crippen LogP contribution is 2.17. The van der Waals surface area contributed by atoms with Crippen LogP contribution in [0.2, 0.25) is 0 Å². The fourth-order valence-corrected chi connectivity index (χ4v) is 3.89. The van der Waals surface area contributed by atoms with Crippen molar-refractivity contribution in [1.29, 1.82) is 0 Å². The Balaban J connectivity index is 1.48. The summed E-state index contributed by atoms with van der Waals surface area (Å²) in [5, 5.41) is 5.66. The van der Waals surface area contributed by atoms with Gasteiger partial charge in [0.1, 0.15) is 23.1 Å². The van der Waals surface area contributed by atoms with E-state index in [1.54, 1.807) is 5.38 Å². The minimum absolute atomic E-state index is 0.0968. The first-order valence-electron chi connectivity index (χ1n) is 9.32. The number of hydrogen-bond donors (Lipinski definition) is 1. The molecule has 1 atom stereocenters. The standard InChI is InChI=1S/C20H27N3O2S/c1-3-16(23-10-4-5-11-23)12-21-20(24)18-14-26-19(22-18)13-25-17-8-6-15(2)7-9-17/h6-9,14,16H,3-5,10-13H2,1-2H3,(H,21,24). The normalized spacial score (nSPS) is 15.8. The van der Waals surface area contributed by atoms with Crippen LogP contribution in [0, 0.1) is 6.92 Å². The molecule has 0 saturated carbocycles. The molecule has 0 bridgehead atoms. The third kappa shape index (κ3) is 5.05. The lowest BCUT2D eigenvalue weighted by molar-refractivity contribution is 0.0932. The van der Waals surface area contributed by atoms with Gasteiger partial charge in [-0.25, -0.2) is 4.98 Å². The van der Waals surface area contributed by atoms with Gasteiger partial charge in [0.15, 0.2) is 0 Å². The zero-order chi connectivity index (χ0) is 18.4. The van der Waals surface area contributed by atoms with Gasteiger partial charge in [-0.1, -0.05) is 24.6 Å². The molecule has 6 heteroatoms. The molecule has 1 aromatic carbocycles. The van der Waals surface area contributed by atoms with Crippen LogP contribution in [0.5, 0.6) is 5.75 Å². The first-order valence-corrected chi connectivity index (χ1v) is 10.2. The summed E-state index contributed by atoms with van der Waals surface area (Å²) in [6.45, 7) is 7.58. The van der Waals surface area contributed by atoms with Crippen molar-refractivity contribution in [2.45, 2.75) is 45.8 Å². The monoisotopic (exact) mass is 373 g/mol. The van der Waals surface area contributed by atoms with E-state index < -0.39 is 0 Å². The molecule has 1 aromatic heterocycles. The molecule has 26 heavy (non-hydrogen) atoms. The second kappa shape index (κ2) is 9.14. The Kier molecular flexibility index (Phi) is 6.63. The van der Waals surface area contributed by atoms with E-state index in [4.69, 9.17) is 4.74 Å². The molecule has 5 nitrogen and oxygen atoms in total. The summed E-state index contributed by atoms with van der Waals surface area (Å²) in [5.41, 5.74) is 1.68. The van der Waals surface area contributed by atoms with Crippen molar-refractivity contribution in [2.75, 3.05) is 19.6 Å². The minimum Gasteiger partial charge on any atom is -0.486 e. The number of thiazole rings is 1. The number of rotatable bonds is 8. The number of carbonyl (C=O) groups is 1. The molecular formula is C20H27N3O2S. The molecule has 1 unspecified atom stereocenters. The molecule has 1 aliphatic rings. The van der Waals surface area contributed by atoms with Crippen molar-refractivity contribution >= 4 is 17.2 Å². The third-order valence-corrected chi connectivity index (χ3v) is 5.62. The Labute approximate surface area is 159 Å². The van der Waals surface area contributed by atoms with Gasteiger partial charge in [-0.2, -0.15) is 0 Å². The number of ether oxygens (including phenoxy) is 1. The van der Waals surface area contributed by atoms with E-state index in [0.717, 1.165) is 30.3 Å². The highest BCUT2D eigenvalue weighted by molar-refractivity contribution is 7.09. The zero-order valence-corrected chi connectivity index (χ0v) is 16.3. The number of aryl methyl sites for hydroxylation is 1. The summed E-state index contributed by atoms with van der Waals surface area (Å²) in [6.07, 6.45) is 3.58. The summed E-state index contributed by atoms with van der Waals surface area (Å²) in [6, 6.07) is 8.34. The number of nitrogens with one attached hydrogen (secondary N) is 1. The van der Waals surface area contributed by atoms with Crippen molar-refractivity contribution in [3.63, 3.8) is 0 Å². The van der Waals surface area contributed by atoms with Gasteiger partial charge in [-0.15, -0.1) is 11.3 Å². The van der Waals surface area contributed by atoms with Crippen molar-refractivity contribution in [3.8, 4) is 5.75 Å². The van der Waals surface area contributed by atoms with Crippen molar-refractivity contribution in [3.05, 3.63) is 45.9 Å². The number of aromatic nitrogens is 1. The predicted molar refractivity (Wildman–Crippen MR) is 105 cm³/mol. The van der Waals surface area contributed by atoms with Crippen LogP contribution in [0.15, 0.2) is 29.6 Å². The van der Waals surface area contributed by atoms with Gasteiger partial charge in [0, 0.05) is 18.0 Å². The molecule has 2 heterocycles. The van der Waals surface area contributed by atoms with Crippen LogP contribution in [0.25, 0.3) is 0 Å². The number of hydrogen-bond acceptors (Lipinski definition) is 5. The van der Waals surface area contributed by atoms with E-state index in [-0.39, 0.29) is 5.91 Å². The molecule has 3 rings (SSSR count). The highest BCUT2D eigenvalue weighted by Gasteiger charge is 2.21. The van der Waals surface area contributed by atoms with Gasteiger partial charge < -0.3 is 10.1 Å². The number of nitrogens with zero attached hydrogens (tertiary/aromatic N) is 2. The van der Waals surface area contributed by atoms with Crippen molar-refractivity contribution in [2.24, 2.45) is 0 Å². The maximum atomic E-state index is 12.4. The average molecular weight is 374 g/mol. The van der Waals surface area contributed by atoms with E-state index in [1.165, 1.54) is 29.7 Å². The highest BCUT2D eigenvalue weighted by atomic mass is 32.1. The molecule has 1 saturated heterocycles. The van der Waals surface area contributed by atoms with Crippen LogP contribution in [0.3, 0.4) is 0 Å². The van der Waals surface area contributed by atoms with Crippen LogP contribution >= 0.6 is 11.3 Å². The second-order valence-electron chi connectivity index (χ2n) is 6.74. The Morgan fingerprint density at radius 3 is 2.73 bits per heavy atom. The number of amides is 1. The Morgan fingerprint density at radius 2 is 2.04 bits per heavy atom. The maximum absolute atomic E-state index is 12.4. The topological polar surface area (TPSA) is 54.5 Å². The lowest BCUT2D eigenvalue weighted by Crippen LogP contribution is -2.42. The first-order chi connectivity index (χ1) is 12.7. The zero-order valence-electron chi connectivity index (χ0n) is 15.5. The summed E-state index contributed by atoms with van der Waals surface area (Å²) >= 11 is 1.46. The molecule has 1 N–H and O–H groups in total. The Hall–Kier alpha value is -1.92. The number of likely N-dealkylation sites (tertiary alicyclic amines) is 1. The van der Waals surface area contributed by atoms with Gasteiger partial charge in [-0.05, 0) is 51.4 Å². The molecule has 2 aromatic rings. The second-order valence-corrected chi connectivity index (χ2v) is 7.69. The van der Waals surface area contributed by atoms with Gasteiger partial charge in [0.2, 0.25) is 0 Å². The Morgan fingerprint density at radius 1 is 1.31 bits per heavy atom. The van der Waals surface area contributed by atoms with E-state index in [1.807, 2.05) is 31.2 Å². The first kappa shape index (κ1) is 18.9. The molecule has 0 spiro atoms. The largest absolute Gasteiger partial charge is 0.486 e. The summed E-state index contributed by atoms with van der Waals surface area (Å²) in [5.74, 6) is 0.716. The van der Waals surface area contributed by atoms with Gasteiger partial charge >= 0.3 is 0 Å². The lowest BCUT2D eigenvalue weighted by Gasteiger charge is -2.26. The SMILES string of the molecule is CCC(CNC(=O)c1csc(COc2ccc(C)cc2)n1)N1CCCC1. The maximum Gasteiger partial charge on any atom is 0.270 e. The summed E-state index contributed by atoms with van der Waals surface area (Å²) < 4.78 is 5.73. The van der Waals surface area contributed by atoms with Crippen LogP contribution in [-0.4, -0.2) is 41.5 Å². The van der Waals surface area contributed by atoms with Crippen molar-refractivity contribution in [1.82, 2.24) is 15.2 Å². The average Bonchev–Trinajstić information content (AvgIpc) is 3.34. The van der Waals surface area contributed by atoms with E-state index in [2.05, 4.69) is 22.1 Å². The van der Waals surface area contributed by atoms with Crippen LogP contribution in [0.4, 0.5) is 0 Å². The van der Waals surface area contributed by atoms with Gasteiger partial charge in [-0.3, -0.25) is 9.69 Å². The molecule has 0 radical (unpaired) electrons. The van der Waals surface area contributed by atoms with E-state index >= 15 is 0 Å².